The fourth-order valence-corrected chi connectivity index (χ4v) is 6.72. The Morgan fingerprint density at radius 1 is 1.11 bits per heavy atom. The van der Waals surface area contributed by atoms with Crippen LogP contribution in [-0.2, 0) is 16.6 Å². The zero-order valence-electron chi connectivity index (χ0n) is 27.4. The number of fused-ring (bicyclic) bond motifs is 1. The van der Waals surface area contributed by atoms with Crippen molar-refractivity contribution in [1.82, 2.24) is 19.7 Å². The molecule has 1 N–H and O–H groups in total. The van der Waals surface area contributed by atoms with E-state index < -0.39 is 17.0 Å². The van der Waals surface area contributed by atoms with Crippen LogP contribution >= 0.6 is 0 Å². The number of rotatable bonds is 7. The second kappa shape index (κ2) is 12.7. The van der Waals surface area contributed by atoms with Crippen LogP contribution in [0.2, 0.25) is 0 Å². The van der Waals surface area contributed by atoms with Crippen molar-refractivity contribution < 1.29 is 24.2 Å². The van der Waals surface area contributed by atoms with Gasteiger partial charge in [-0.1, -0.05) is 50.5 Å². The molecule has 1 aliphatic carbocycles. The molecule has 1 saturated carbocycles. The number of nitrogens with zero attached hydrogens (tertiary/aromatic N) is 5. The molecule has 10 heteroatoms. The van der Waals surface area contributed by atoms with Crippen molar-refractivity contribution in [1.29, 1.82) is 5.26 Å². The van der Waals surface area contributed by atoms with Crippen LogP contribution in [-0.4, -0.2) is 61.6 Å². The topological polar surface area (TPSA) is 131 Å². The number of ether oxygens (including phenoxy) is 2. The molecule has 0 bridgehead atoms. The molecule has 0 unspecified atom stereocenters. The predicted molar refractivity (Wildman–Crippen MR) is 172 cm³/mol. The van der Waals surface area contributed by atoms with Crippen LogP contribution in [0.4, 0.5) is 4.79 Å². The minimum atomic E-state index is -1.07. The van der Waals surface area contributed by atoms with E-state index in [-0.39, 0.29) is 23.9 Å². The number of nitriles is 1. The zero-order chi connectivity index (χ0) is 32.5. The lowest BCUT2D eigenvalue weighted by atomic mass is 9.73. The Morgan fingerprint density at radius 3 is 2.29 bits per heavy atom. The summed E-state index contributed by atoms with van der Waals surface area (Å²) < 4.78 is 13.7. The summed E-state index contributed by atoms with van der Waals surface area (Å²) >= 11 is 0. The fourth-order valence-electron chi connectivity index (χ4n) is 6.72. The van der Waals surface area contributed by atoms with Crippen molar-refractivity contribution in [2.24, 2.45) is 0 Å². The lowest BCUT2D eigenvalue weighted by Crippen LogP contribution is -2.46. The van der Waals surface area contributed by atoms with Gasteiger partial charge < -0.3 is 19.5 Å². The number of piperidine rings is 1. The van der Waals surface area contributed by atoms with Gasteiger partial charge in [0.2, 0.25) is 5.88 Å². The minimum Gasteiger partial charge on any atom is -0.477 e. The number of carboxylic acid groups (broad SMARTS) is 1. The third-order valence-electron chi connectivity index (χ3n) is 8.94. The van der Waals surface area contributed by atoms with Gasteiger partial charge in [-0.05, 0) is 83.4 Å². The number of aromatic nitrogens is 3. The first kappa shape index (κ1) is 32.3. The van der Waals surface area contributed by atoms with Crippen LogP contribution in [0, 0.1) is 11.3 Å². The van der Waals surface area contributed by atoms with E-state index in [0.29, 0.717) is 49.4 Å². The largest absolute Gasteiger partial charge is 0.477 e. The van der Waals surface area contributed by atoms with E-state index in [1.165, 1.54) is 6.42 Å². The average Bonchev–Trinajstić information content (AvgIpc) is 3.37. The Morgan fingerprint density at radius 2 is 1.76 bits per heavy atom. The van der Waals surface area contributed by atoms with Crippen molar-refractivity contribution >= 4 is 23.1 Å². The summed E-state index contributed by atoms with van der Waals surface area (Å²) in [6.45, 7) is 12.2. The molecule has 2 fully saturated rings. The summed E-state index contributed by atoms with van der Waals surface area (Å²) in [4.78, 5) is 31.6. The maximum absolute atomic E-state index is 12.6. The summed E-state index contributed by atoms with van der Waals surface area (Å²) in [6.07, 6.45) is 6.24. The Kier molecular flexibility index (Phi) is 9.11. The number of hydrogen-bond donors (Lipinski definition) is 1. The Labute approximate surface area is 265 Å². The maximum Gasteiger partial charge on any atom is 0.410 e. The Bertz CT molecular complexity index is 1600. The highest BCUT2D eigenvalue weighted by Crippen LogP contribution is 2.43. The molecule has 0 radical (unpaired) electrons. The zero-order valence-corrected chi connectivity index (χ0v) is 27.4. The molecule has 3 aromatic rings. The van der Waals surface area contributed by atoms with E-state index >= 15 is 0 Å². The number of carbonyl (C=O) groups is 2. The van der Waals surface area contributed by atoms with Gasteiger partial charge in [-0.15, -0.1) is 5.10 Å². The van der Waals surface area contributed by atoms with Gasteiger partial charge in [0.15, 0.2) is 11.3 Å². The van der Waals surface area contributed by atoms with Crippen LogP contribution in [0.5, 0.6) is 5.88 Å². The summed E-state index contributed by atoms with van der Waals surface area (Å²) in [5, 5.41) is 26.3. The number of likely N-dealkylation sites (tertiary alicyclic amines) is 1. The summed E-state index contributed by atoms with van der Waals surface area (Å²) in [6, 6.07) is 10.5. The number of hydrogen-bond acceptors (Lipinski definition) is 7. The number of amides is 1. The smallest absolute Gasteiger partial charge is 0.410 e. The lowest BCUT2D eigenvalue weighted by Gasteiger charge is -2.38. The quantitative estimate of drug-likeness (QED) is 0.290. The molecular formula is C35H45N5O5. The van der Waals surface area contributed by atoms with E-state index in [1.54, 1.807) is 4.90 Å². The number of aromatic carboxylic acids is 1. The van der Waals surface area contributed by atoms with Crippen LogP contribution < -0.4 is 4.74 Å². The highest BCUT2D eigenvalue weighted by atomic mass is 16.6. The van der Waals surface area contributed by atoms with Gasteiger partial charge in [0.1, 0.15) is 5.60 Å². The van der Waals surface area contributed by atoms with Crippen LogP contribution in [0.15, 0.2) is 24.3 Å². The molecule has 2 aromatic heterocycles. The first-order valence-electron chi connectivity index (χ1n) is 16.2. The first-order valence-corrected chi connectivity index (χ1v) is 16.2. The molecule has 45 heavy (non-hydrogen) atoms. The van der Waals surface area contributed by atoms with Gasteiger partial charge in [0, 0.05) is 18.7 Å². The minimum absolute atomic E-state index is 0.0279. The predicted octanol–water partition coefficient (Wildman–Crippen LogP) is 7.44. The van der Waals surface area contributed by atoms with E-state index in [4.69, 9.17) is 19.6 Å². The normalized spacial score (nSPS) is 17.3. The molecule has 1 aliphatic heterocycles. The summed E-state index contributed by atoms with van der Waals surface area (Å²) in [5.74, 6) is -0.610. The number of benzene rings is 1. The summed E-state index contributed by atoms with van der Waals surface area (Å²) in [5.41, 5.74) is 2.31. The van der Waals surface area contributed by atoms with Crippen molar-refractivity contribution in [2.45, 2.75) is 116 Å². The molecule has 5 rings (SSSR count). The van der Waals surface area contributed by atoms with E-state index in [2.05, 4.69) is 6.07 Å². The molecule has 1 amide bonds. The molecule has 1 saturated heterocycles. The van der Waals surface area contributed by atoms with Gasteiger partial charge >= 0.3 is 12.1 Å². The average molecular weight is 616 g/mol. The van der Waals surface area contributed by atoms with Gasteiger partial charge in [-0.3, -0.25) is 0 Å². The first-order chi connectivity index (χ1) is 21.4. The van der Waals surface area contributed by atoms with Crippen molar-refractivity contribution in [3.63, 3.8) is 0 Å². The van der Waals surface area contributed by atoms with E-state index in [1.807, 2.05) is 70.5 Å². The highest BCUT2D eigenvalue weighted by molar-refractivity contribution is 6.03. The maximum atomic E-state index is 12.6. The lowest BCUT2D eigenvalue weighted by molar-refractivity contribution is 0.0185. The standard InChI is InChI=1S/C35H45N5O5/c1-7-26-27(23-13-15-24(16-14-23)35(21-36)17-19-39(20-18-35)33(43)45-34(4,5)6)28-30(37-29(26)32(41)42)40(25-11-9-8-10-12-25)38-31(28)44-22(2)3/h13-16,22,25H,7-12,17-20H2,1-6H3,(H,41,42). The number of carboxylic acids is 1. The van der Waals surface area contributed by atoms with Gasteiger partial charge in [0.05, 0.1) is 29.0 Å². The van der Waals surface area contributed by atoms with Gasteiger partial charge in [-0.25, -0.2) is 19.3 Å². The molecule has 0 spiro atoms. The SMILES string of the molecule is CCc1c(C(=O)O)nc2c(c(OC(C)C)nn2C2CCCCC2)c1-c1ccc(C2(C#N)CCN(C(=O)OC(C)(C)C)CC2)cc1. The van der Waals surface area contributed by atoms with E-state index in [9.17, 15) is 20.0 Å². The van der Waals surface area contributed by atoms with Gasteiger partial charge in [0.25, 0.3) is 0 Å². The van der Waals surface area contributed by atoms with E-state index in [0.717, 1.165) is 47.8 Å². The molecule has 10 nitrogen and oxygen atoms in total. The van der Waals surface area contributed by atoms with Crippen molar-refractivity contribution in [2.75, 3.05) is 13.1 Å². The highest BCUT2D eigenvalue weighted by Gasteiger charge is 2.39. The second-order valence-electron chi connectivity index (χ2n) is 13.6. The fraction of sp³-hybridized carbons (Fsp3) is 0.571. The number of carbonyl (C=O) groups excluding carboxylic acids is 1. The Hall–Kier alpha value is -4.13. The third kappa shape index (κ3) is 6.49. The molecule has 3 heterocycles. The van der Waals surface area contributed by atoms with Gasteiger partial charge in [-0.2, -0.15) is 5.26 Å². The van der Waals surface area contributed by atoms with Crippen LogP contribution in [0.3, 0.4) is 0 Å². The molecular weight excluding hydrogens is 570 g/mol. The third-order valence-corrected chi connectivity index (χ3v) is 8.94. The van der Waals surface area contributed by atoms with Crippen molar-refractivity contribution in [3.8, 4) is 23.1 Å². The molecule has 240 valence electrons. The second-order valence-corrected chi connectivity index (χ2v) is 13.6. The summed E-state index contributed by atoms with van der Waals surface area (Å²) in [7, 11) is 0. The molecule has 0 atom stereocenters. The number of pyridine rings is 1. The van der Waals surface area contributed by atoms with Crippen molar-refractivity contribution in [3.05, 3.63) is 41.1 Å². The van der Waals surface area contributed by atoms with Crippen LogP contribution in [0.1, 0.15) is 114 Å². The Balaban J connectivity index is 1.58. The monoisotopic (exact) mass is 615 g/mol. The van der Waals surface area contributed by atoms with Crippen LogP contribution in [0.25, 0.3) is 22.2 Å². The molecule has 2 aliphatic rings. The molecule has 1 aromatic carbocycles.